The molecule has 0 spiro atoms. The van der Waals surface area contributed by atoms with Gasteiger partial charge in [0.2, 0.25) is 0 Å². The number of hydrogen-bond donors (Lipinski definition) is 2. The third kappa shape index (κ3) is 5.44. The van der Waals surface area contributed by atoms with E-state index in [1.165, 1.54) is 0 Å². The van der Waals surface area contributed by atoms with Gasteiger partial charge in [0.1, 0.15) is 17.3 Å². The molecule has 3 nitrogen and oxygen atoms in total. The molecule has 194 valence electrons. The highest BCUT2D eigenvalue weighted by molar-refractivity contribution is 5.92. The van der Waals surface area contributed by atoms with E-state index in [1.54, 1.807) is 6.92 Å². The molecule has 0 aliphatic carbocycles. The first-order valence-corrected chi connectivity index (χ1v) is 12.7. The minimum Gasteiger partial charge on any atom is -0.507 e. The Morgan fingerprint density at radius 3 is 0.857 bits per heavy atom. The second-order valence-corrected chi connectivity index (χ2v) is 14.5. The van der Waals surface area contributed by atoms with E-state index in [0.717, 1.165) is 33.4 Å². The average Bonchev–Trinajstić information content (AvgIpc) is 2.63. The maximum atomic E-state index is 13.6. The van der Waals surface area contributed by atoms with Crippen molar-refractivity contribution in [3.05, 3.63) is 57.6 Å². The highest BCUT2D eigenvalue weighted by Gasteiger charge is 2.40. The van der Waals surface area contributed by atoms with E-state index in [-0.39, 0.29) is 27.4 Å². The van der Waals surface area contributed by atoms with Gasteiger partial charge in [-0.2, -0.15) is 0 Å². The molecule has 0 aromatic heterocycles. The normalized spacial score (nSPS) is 13.8. The molecule has 2 rings (SSSR count). The van der Waals surface area contributed by atoms with Crippen molar-refractivity contribution in [3.8, 4) is 11.5 Å². The molecule has 0 heterocycles. The van der Waals surface area contributed by atoms with Gasteiger partial charge in [-0.3, -0.25) is 4.79 Å². The second-order valence-electron chi connectivity index (χ2n) is 14.5. The first kappa shape index (κ1) is 28.9. The van der Waals surface area contributed by atoms with E-state index < -0.39 is 5.41 Å². The summed E-state index contributed by atoms with van der Waals surface area (Å²) in [5.41, 5.74) is 2.88. The van der Waals surface area contributed by atoms with Crippen LogP contribution in [0.4, 0.5) is 0 Å². The third-order valence-electron chi connectivity index (χ3n) is 7.31. The number of hydrogen-bond acceptors (Lipinski definition) is 3. The van der Waals surface area contributed by atoms with E-state index >= 15 is 0 Å². The largest absolute Gasteiger partial charge is 0.507 e. The van der Waals surface area contributed by atoms with Gasteiger partial charge < -0.3 is 10.2 Å². The van der Waals surface area contributed by atoms with Gasteiger partial charge >= 0.3 is 0 Å². The molecule has 0 atom stereocenters. The summed E-state index contributed by atoms with van der Waals surface area (Å²) in [5, 5.41) is 22.6. The van der Waals surface area contributed by atoms with Gasteiger partial charge in [-0.05, 0) is 68.9 Å². The Morgan fingerprint density at radius 2 is 0.714 bits per heavy atom. The predicted octanol–water partition coefficient (Wildman–Crippen LogP) is 8.18. The van der Waals surface area contributed by atoms with E-state index in [9.17, 15) is 15.0 Å². The van der Waals surface area contributed by atoms with E-state index in [4.69, 9.17) is 0 Å². The summed E-state index contributed by atoms with van der Waals surface area (Å²) >= 11 is 0. The Morgan fingerprint density at radius 1 is 0.514 bits per heavy atom. The van der Waals surface area contributed by atoms with Gasteiger partial charge in [-0.25, -0.2) is 0 Å². The molecule has 2 aromatic rings. The topological polar surface area (TPSA) is 57.5 Å². The van der Waals surface area contributed by atoms with Gasteiger partial charge in [0.15, 0.2) is 0 Å². The Labute approximate surface area is 214 Å². The number of carbonyl (C=O) groups is 1. The van der Waals surface area contributed by atoms with Crippen LogP contribution < -0.4 is 0 Å². The molecule has 0 bridgehead atoms. The van der Waals surface area contributed by atoms with E-state index in [1.807, 2.05) is 31.2 Å². The standard InChI is InChI=1S/C32H48O3/c1-19(33)32(14,20-15-22(28(2,3)4)26(34)23(16-20)29(5,6)7)21-17-24(30(8,9)10)27(35)25(18-21)31(11,12)13/h15-18,34-35H,1-14H3. The zero-order valence-corrected chi connectivity index (χ0v) is 24.6. The number of phenols is 2. The zero-order valence-electron chi connectivity index (χ0n) is 24.6. The number of benzene rings is 2. The van der Waals surface area contributed by atoms with Crippen LogP contribution in [0.5, 0.6) is 11.5 Å². The summed E-state index contributed by atoms with van der Waals surface area (Å²) in [7, 11) is 0. The number of aromatic hydroxyl groups is 2. The Bertz CT molecular complexity index is 972. The minimum absolute atomic E-state index is 0.0216. The molecule has 0 saturated heterocycles. The van der Waals surface area contributed by atoms with Crippen LogP contribution in [0.2, 0.25) is 0 Å². The molecule has 0 aliphatic heterocycles. The van der Waals surface area contributed by atoms with E-state index in [2.05, 4.69) is 83.1 Å². The van der Waals surface area contributed by atoms with Gasteiger partial charge in [-0.15, -0.1) is 0 Å². The summed E-state index contributed by atoms with van der Waals surface area (Å²) in [6.07, 6.45) is 0. The fraction of sp³-hybridized carbons (Fsp3) is 0.594. The first-order chi connectivity index (χ1) is 15.4. The minimum atomic E-state index is -0.957. The fourth-order valence-corrected chi connectivity index (χ4v) is 4.71. The molecule has 0 fully saturated rings. The number of carbonyl (C=O) groups excluding carboxylic acids is 1. The van der Waals surface area contributed by atoms with Crippen LogP contribution in [-0.2, 0) is 31.9 Å². The van der Waals surface area contributed by atoms with Crippen molar-refractivity contribution in [2.45, 2.75) is 124 Å². The van der Waals surface area contributed by atoms with Crippen molar-refractivity contribution in [3.63, 3.8) is 0 Å². The van der Waals surface area contributed by atoms with Crippen molar-refractivity contribution >= 4 is 5.78 Å². The summed E-state index contributed by atoms with van der Waals surface area (Å²) in [5.74, 6) is 0.626. The van der Waals surface area contributed by atoms with Gasteiger partial charge in [0.05, 0.1) is 5.41 Å². The zero-order chi connectivity index (χ0) is 27.5. The van der Waals surface area contributed by atoms with Crippen LogP contribution in [0.25, 0.3) is 0 Å². The van der Waals surface area contributed by atoms with Gasteiger partial charge in [0.25, 0.3) is 0 Å². The number of phenolic OH excluding ortho intramolecular Hbond substituents is 2. The highest BCUT2D eigenvalue weighted by atomic mass is 16.3. The number of ketones is 1. The van der Waals surface area contributed by atoms with Crippen LogP contribution in [0, 0.1) is 0 Å². The molecule has 3 heteroatoms. The quantitative estimate of drug-likeness (QED) is 0.465. The van der Waals surface area contributed by atoms with Crippen LogP contribution in [0.1, 0.15) is 130 Å². The maximum Gasteiger partial charge on any atom is 0.144 e. The van der Waals surface area contributed by atoms with Crippen LogP contribution in [0.3, 0.4) is 0 Å². The SMILES string of the molecule is CC(=O)C(C)(c1cc(C(C)(C)C)c(O)c(C(C)(C)C)c1)c1cc(C(C)(C)C)c(O)c(C(C)(C)C)c1. The lowest BCUT2D eigenvalue weighted by molar-refractivity contribution is -0.120. The Hall–Kier alpha value is -2.29. The van der Waals surface area contributed by atoms with Gasteiger partial charge in [-0.1, -0.05) is 107 Å². The number of Topliss-reactive ketones (excluding diaryl/α,β-unsaturated/α-hetero) is 1. The Kier molecular flexibility index (Phi) is 7.17. The highest BCUT2D eigenvalue weighted by Crippen LogP contribution is 2.47. The maximum absolute atomic E-state index is 13.6. The molecule has 0 amide bonds. The lowest BCUT2D eigenvalue weighted by atomic mass is 9.67. The molecular weight excluding hydrogens is 432 g/mol. The molecule has 2 aromatic carbocycles. The van der Waals surface area contributed by atoms with Crippen LogP contribution in [0.15, 0.2) is 24.3 Å². The number of rotatable bonds is 3. The van der Waals surface area contributed by atoms with E-state index in [0.29, 0.717) is 11.5 Å². The molecule has 0 unspecified atom stereocenters. The molecule has 0 aliphatic rings. The van der Waals surface area contributed by atoms with Crippen molar-refractivity contribution < 1.29 is 15.0 Å². The fourth-order valence-electron chi connectivity index (χ4n) is 4.71. The molecular formula is C32H48O3. The van der Waals surface area contributed by atoms with Crippen molar-refractivity contribution in [2.24, 2.45) is 0 Å². The summed E-state index contributed by atoms with van der Waals surface area (Å²) in [6, 6.07) is 8.03. The summed E-state index contributed by atoms with van der Waals surface area (Å²) in [4.78, 5) is 13.6. The lowest BCUT2D eigenvalue weighted by Gasteiger charge is -2.36. The summed E-state index contributed by atoms with van der Waals surface area (Å²) < 4.78 is 0. The summed E-state index contributed by atoms with van der Waals surface area (Å²) in [6.45, 7) is 28.6. The van der Waals surface area contributed by atoms with Crippen molar-refractivity contribution in [1.29, 1.82) is 0 Å². The lowest BCUT2D eigenvalue weighted by Crippen LogP contribution is -2.34. The van der Waals surface area contributed by atoms with Crippen molar-refractivity contribution in [2.75, 3.05) is 0 Å². The average molecular weight is 481 g/mol. The molecule has 0 radical (unpaired) electrons. The predicted molar refractivity (Wildman–Crippen MR) is 148 cm³/mol. The molecule has 35 heavy (non-hydrogen) atoms. The van der Waals surface area contributed by atoms with Crippen LogP contribution >= 0.6 is 0 Å². The third-order valence-corrected chi connectivity index (χ3v) is 7.31. The smallest absolute Gasteiger partial charge is 0.144 e. The first-order valence-electron chi connectivity index (χ1n) is 12.7. The molecule has 0 saturated carbocycles. The van der Waals surface area contributed by atoms with Crippen molar-refractivity contribution in [1.82, 2.24) is 0 Å². The Balaban J connectivity index is 3.11. The molecule has 2 N–H and O–H groups in total. The van der Waals surface area contributed by atoms with Crippen LogP contribution in [-0.4, -0.2) is 16.0 Å². The second kappa shape index (κ2) is 8.68. The van der Waals surface area contributed by atoms with Gasteiger partial charge in [0, 0.05) is 0 Å². The monoisotopic (exact) mass is 480 g/mol.